The van der Waals surface area contributed by atoms with Crippen LogP contribution in [-0.4, -0.2) is 41.9 Å². The predicted molar refractivity (Wildman–Crippen MR) is 102 cm³/mol. The first-order valence-corrected chi connectivity index (χ1v) is 9.48. The molecule has 1 fully saturated rings. The van der Waals surface area contributed by atoms with E-state index in [9.17, 15) is 9.18 Å². The molecule has 3 nitrogen and oxygen atoms in total. The summed E-state index contributed by atoms with van der Waals surface area (Å²) in [4.78, 5) is 17.4. The van der Waals surface area contributed by atoms with Gasteiger partial charge in [-0.1, -0.05) is 49.4 Å². The maximum atomic E-state index is 13.1. The van der Waals surface area contributed by atoms with Crippen molar-refractivity contribution >= 4 is 5.91 Å². The Morgan fingerprint density at radius 2 is 1.73 bits per heavy atom. The quantitative estimate of drug-likeness (QED) is 0.809. The second-order valence-corrected chi connectivity index (χ2v) is 6.95. The van der Waals surface area contributed by atoms with Crippen molar-refractivity contribution in [3.05, 3.63) is 71.5 Å². The van der Waals surface area contributed by atoms with Crippen molar-refractivity contribution in [3.63, 3.8) is 0 Å². The molecule has 26 heavy (non-hydrogen) atoms. The zero-order valence-corrected chi connectivity index (χ0v) is 15.4. The third kappa shape index (κ3) is 4.70. The topological polar surface area (TPSA) is 23.6 Å². The highest BCUT2D eigenvalue weighted by molar-refractivity contribution is 5.83. The summed E-state index contributed by atoms with van der Waals surface area (Å²) in [6.45, 7) is 6.26. The Labute approximate surface area is 155 Å². The largest absolute Gasteiger partial charge is 0.341 e. The first-order chi connectivity index (χ1) is 12.7. The van der Waals surface area contributed by atoms with Gasteiger partial charge in [-0.05, 0) is 36.1 Å². The molecule has 0 bridgehead atoms. The lowest BCUT2D eigenvalue weighted by atomic mass is 9.95. The van der Waals surface area contributed by atoms with E-state index >= 15 is 0 Å². The molecular weight excluding hydrogens is 327 g/mol. The number of benzene rings is 2. The smallest absolute Gasteiger partial charge is 0.230 e. The molecule has 2 aromatic rings. The zero-order chi connectivity index (χ0) is 18.4. The third-order valence-corrected chi connectivity index (χ3v) is 5.13. The second kappa shape index (κ2) is 8.95. The molecule has 0 spiro atoms. The van der Waals surface area contributed by atoms with Gasteiger partial charge in [0.25, 0.3) is 0 Å². The lowest BCUT2D eigenvalue weighted by molar-refractivity contribution is -0.132. The van der Waals surface area contributed by atoms with Crippen LogP contribution in [-0.2, 0) is 11.3 Å². The molecule has 3 rings (SSSR count). The number of rotatable bonds is 5. The molecule has 4 heteroatoms. The standard InChI is InChI=1S/C22H27FN2O/c1-2-21(19-7-4-3-5-8-19)22(26)25-14-6-13-24(15-16-25)17-18-9-11-20(23)12-10-18/h3-5,7-12,21H,2,6,13-17H2,1H3. The van der Waals surface area contributed by atoms with Crippen molar-refractivity contribution in [1.82, 2.24) is 9.80 Å². The fraction of sp³-hybridized carbons (Fsp3) is 0.409. The van der Waals surface area contributed by atoms with Crippen molar-refractivity contribution in [1.29, 1.82) is 0 Å². The molecule has 1 atom stereocenters. The van der Waals surface area contributed by atoms with Crippen molar-refractivity contribution in [2.45, 2.75) is 32.2 Å². The van der Waals surface area contributed by atoms with Gasteiger partial charge >= 0.3 is 0 Å². The van der Waals surface area contributed by atoms with E-state index in [-0.39, 0.29) is 17.6 Å². The molecule has 1 amide bonds. The predicted octanol–water partition coefficient (Wildman–Crippen LogP) is 4.05. The number of nitrogens with zero attached hydrogens (tertiary/aromatic N) is 2. The van der Waals surface area contributed by atoms with Gasteiger partial charge in [-0.3, -0.25) is 9.69 Å². The van der Waals surface area contributed by atoms with Crippen LogP contribution in [0.5, 0.6) is 0 Å². The maximum absolute atomic E-state index is 13.1. The Morgan fingerprint density at radius 3 is 2.42 bits per heavy atom. The number of hydrogen-bond acceptors (Lipinski definition) is 2. The molecule has 1 heterocycles. The van der Waals surface area contributed by atoms with Gasteiger partial charge in [-0.25, -0.2) is 4.39 Å². The zero-order valence-electron chi connectivity index (χ0n) is 15.4. The molecule has 0 radical (unpaired) electrons. The Balaban J connectivity index is 1.60. The van der Waals surface area contributed by atoms with Crippen molar-refractivity contribution in [3.8, 4) is 0 Å². The Kier molecular flexibility index (Phi) is 6.40. The van der Waals surface area contributed by atoms with Crippen LogP contribution in [0.25, 0.3) is 0 Å². The number of amides is 1. The van der Waals surface area contributed by atoms with Gasteiger partial charge in [0.15, 0.2) is 0 Å². The number of halogens is 1. The molecule has 0 saturated carbocycles. The molecule has 0 aromatic heterocycles. The first kappa shape index (κ1) is 18.6. The first-order valence-electron chi connectivity index (χ1n) is 9.48. The Bertz CT molecular complexity index is 702. The summed E-state index contributed by atoms with van der Waals surface area (Å²) in [6.07, 6.45) is 1.79. The SMILES string of the molecule is CCC(C(=O)N1CCCN(Cc2ccc(F)cc2)CC1)c1ccccc1. The van der Waals surface area contributed by atoms with Gasteiger partial charge in [0, 0.05) is 32.7 Å². The monoisotopic (exact) mass is 354 g/mol. The lowest BCUT2D eigenvalue weighted by Crippen LogP contribution is -2.38. The molecule has 1 aliphatic heterocycles. The second-order valence-electron chi connectivity index (χ2n) is 6.95. The summed E-state index contributed by atoms with van der Waals surface area (Å²) in [5.41, 5.74) is 2.22. The van der Waals surface area contributed by atoms with Gasteiger partial charge in [-0.2, -0.15) is 0 Å². The molecule has 2 aromatic carbocycles. The summed E-state index contributed by atoms with van der Waals surface area (Å²) >= 11 is 0. The number of carbonyl (C=O) groups excluding carboxylic acids is 1. The molecule has 1 aliphatic rings. The van der Waals surface area contributed by atoms with E-state index in [1.165, 1.54) is 12.1 Å². The van der Waals surface area contributed by atoms with Crippen molar-refractivity contribution in [2.75, 3.05) is 26.2 Å². The highest BCUT2D eigenvalue weighted by Crippen LogP contribution is 2.23. The average Bonchev–Trinajstić information content (AvgIpc) is 2.91. The normalized spacial score (nSPS) is 16.9. The Morgan fingerprint density at radius 1 is 1.00 bits per heavy atom. The van der Waals surface area contributed by atoms with Gasteiger partial charge in [0.2, 0.25) is 5.91 Å². The molecule has 138 valence electrons. The van der Waals surface area contributed by atoms with Crippen molar-refractivity contribution in [2.24, 2.45) is 0 Å². The van der Waals surface area contributed by atoms with Crippen LogP contribution < -0.4 is 0 Å². The number of hydrogen-bond donors (Lipinski definition) is 0. The fourth-order valence-electron chi connectivity index (χ4n) is 3.66. The van der Waals surface area contributed by atoms with Crippen LogP contribution in [0.1, 0.15) is 36.8 Å². The summed E-state index contributed by atoms with van der Waals surface area (Å²) in [5.74, 6) is -0.0184. The molecular formula is C22H27FN2O. The molecule has 0 aliphatic carbocycles. The highest BCUT2D eigenvalue weighted by Gasteiger charge is 2.26. The molecule has 1 unspecified atom stereocenters. The van der Waals surface area contributed by atoms with E-state index in [1.54, 1.807) is 0 Å². The van der Waals surface area contributed by atoms with Crippen LogP contribution in [0, 0.1) is 5.82 Å². The van der Waals surface area contributed by atoms with E-state index in [4.69, 9.17) is 0 Å². The minimum Gasteiger partial charge on any atom is -0.341 e. The average molecular weight is 354 g/mol. The van der Waals surface area contributed by atoms with Crippen LogP contribution >= 0.6 is 0 Å². The van der Waals surface area contributed by atoms with Crippen LogP contribution in [0.15, 0.2) is 54.6 Å². The summed E-state index contributed by atoms with van der Waals surface area (Å²) in [7, 11) is 0. The fourth-order valence-corrected chi connectivity index (χ4v) is 3.66. The van der Waals surface area contributed by atoms with Gasteiger partial charge < -0.3 is 4.90 Å². The summed E-state index contributed by atoms with van der Waals surface area (Å²) in [5, 5.41) is 0. The minimum absolute atomic E-state index is 0.0557. The van der Waals surface area contributed by atoms with Crippen molar-refractivity contribution < 1.29 is 9.18 Å². The van der Waals surface area contributed by atoms with E-state index in [2.05, 4.69) is 11.8 Å². The van der Waals surface area contributed by atoms with E-state index in [1.807, 2.05) is 47.4 Å². The summed E-state index contributed by atoms with van der Waals surface area (Å²) in [6, 6.07) is 16.8. The van der Waals surface area contributed by atoms with E-state index < -0.39 is 0 Å². The van der Waals surface area contributed by atoms with Crippen LogP contribution in [0.3, 0.4) is 0 Å². The van der Waals surface area contributed by atoms with Crippen LogP contribution in [0.4, 0.5) is 4.39 Å². The lowest BCUT2D eigenvalue weighted by Gasteiger charge is -2.26. The van der Waals surface area contributed by atoms with Crippen LogP contribution in [0.2, 0.25) is 0 Å². The Hall–Kier alpha value is -2.20. The minimum atomic E-state index is -0.201. The molecule has 0 N–H and O–H groups in total. The van der Waals surface area contributed by atoms with E-state index in [0.29, 0.717) is 0 Å². The molecule has 1 saturated heterocycles. The maximum Gasteiger partial charge on any atom is 0.230 e. The number of carbonyl (C=O) groups is 1. The highest BCUT2D eigenvalue weighted by atomic mass is 19.1. The van der Waals surface area contributed by atoms with Gasteiger partial charge in [0.05, 0.1) is 5.92 Å². The van der Waals surface area contributed by atoms with E-state index in [0.717, 1.165) is 56.7 Å². The third-order valence-electron chi connectivity index (χ3n) is 5.13. The summed E-state index contributed by atoms with van der Waals surface area (Å²) < 4.78 is 13.1. The van der Waals surface area contributed by atoms with Gasteiger partial charge in [-0.15, -0.1) is 0 Å². The van der Waals surface area contributed by atoms with Gasteiger partial charge in [0.1, 0.15) is 5.82 Å².